The van der Waals surface area contributed by atoms with Crippen LogP contribution in [0.2, 0.25) is 0 Å². The number of aryl methyl sites for hydroxylation is 2. The highest BCUT2D eigenvalue weighted by atomic mass is 16.5. The van der Waals surface area contributed by atoms with Crippen molar-refractivity contribution in [2.75, 3.05) is 19.8 Å². The highest BCUT2D eigenvalue weighted by molar-refractivity contribution is 5.23. The topological polar surface area (TPSA) is 34.1 Å². The molecule has 16 heavy (non-hydrogen) atoms. The van der Waals surface area contributed by atoms with Crippen molar-refractivity contribution in [1.82, 2.24) is 10.3 Å². The van der Waals surface area contributed by atoms with Crippen molar-refractivity contribution in [2.24, 2.45) is 0 Å². The molecule has 0 aliphatic rings. The van der Waals surface area contributed by atoms with Gasteiger partial charge in [0.25, 0.3) is 0 Å². The van der Waals surface area contributed by atoms with Gasteiger partial charge in [0, 0.05) is 31.6 Å². The molecule has 1 heterocycles. The number of hydrogen-bond donors (Lipinski definition) is 1. The van der Waals surface area contributed by atoms with E-state index in [1.165, 1.54) is 16.8 Å². The van der Waals surface area contributed by atoms with Crippen LogP contribution in [0.5, 0.6) is 0 Å². The molecule has 0 fully saturated rings. The highest BCUT2D eigenvalue weighted by Gasteiger charge is 1.99. The smallest absolute Gasteiger partial charge is 0.0590 e. The molecular formula is C13H22N2O. The number of nitrogens with one attached hydrogen (secondary N) is 1. The van der Waals surface area contributed by atoms with Crippen LogP contribution in [0.15, 0.2) is 12.3 Å². The van der Waals surface area contributed by atoms with Crippen molar-refractivity contribution in [3.05, 3.63) is 29.1 Å². The zero-order valence-electron chi connectivity index (χ0n) is 10.5. The minimum absolute atomic E-state index is 0.774. The molecule has 1 aromatic rings. The van der Waals surface area contributed by atoms with Gasteiger partial charge in [0.05, 0.1) is 6.61 Å². The standard InChI is InChI=1S/C13H22N2O/c1-4-13-11(3)8-12(10-15-13)9-14-6-7-16-5-2/h8,10,14H,4-7,9H2,1-3H3. The molecule has 0 aliphatic heterocycles. The van der Waals surface area contributed by atoms with Crippen molar-refractivity contribution in [3.8, 4) is 0 Å². The third kappa shape index (κ3) is 4.29. The number of nitrogens with zero attached hydrogens (tertiary/aromatic N) is 1. The van der Waals surface area contributed by atoms with Gasteiger partial charge in [-0.25, -0.2) is 0 Å². The van der Waals surface area contributed by atoms with E-state index in [2.05, 4.69) is 30.2 Å². The Balaban J connectivity index is 2.34. The molecule has 0 unspecified atom stereocenters. The van der Waals surface area contributed by atoms with E-state index >= 15 is 0 Å². The first kappa shape index (κ1) is 13.1. The van der Waals surface area contributed by atoms with Gasteiger partial charge in [0.15, 0.2) is 0 Å². The van der Waals surface area contributed by atoms with Crippen molar-refractivity contribution in [1.29, 1.82) is 0 Å². The van der Waals surface area contributed by atoms with E-state index in [9.17, 15) is 0 Å². The van der Waals surface area contributed by atoms with E-state index in [-0.39, 0.29) is 0 Å². The second-order valence-electron chi connectivity index (χ2n) is 3.83. The van der Waals surface area contributed by atoms with Crippen molar-refractivity contribution < 1.29 is 4.74 Å². The minimum Gasteiger partial charge on any atom is -0.380 e. The number of ether oxygens (including phenoxy) is 1. The fourth-order valence-electron chi connectivity index (χ4n) is 1.65. The first-order valence-electron chi connectivity index (χ1n) is 6.00. The monoisotopic (exact) mass is 222 g/mol. The Hall–Kier alpha value is -0.930. The summed E-state index contributed by atoms with van der Waals surface area (Å²) in [4.78, 5) is 4.44. The summed E-state index contributed by atoms with van der Waals surface area (Å²) in [5.41, 5.74) is 3.72. The van der Waals surface area contributed by atoms with E-state index in [1.54, 1.807) is 0 Å². The van der Waals surface area contributed by atoms with E-state index < -0.39 is 0 Å². The number of aromatic nitrogens is 1. The Bertz CT molecular complexity index is 313. The Morgan fingerprint density at radius 2 is 2.19 bits per heavy atom. The van der Waals surface area contributed by atoms with Crippen molar-refractivity contribution in [3.63, 3.8) is 0 Å². The van der Waals surface area contributed by atoms with Gasteiger partial charge in [-0.15, -0.1) is 0 Å². The van der Waals surface area contributed by atoms with Crippen LogP contribution >= 0.6 is 0 Å². The molecule has 1 aromatic heterocycles. The van der Waals surface area contributed by atoms with Crippen LogP contribution in [0.1, 0.15) is 30.7 Å². The minimum atomic E-state index is 0.774. The third-order valence-electron chi connectivity index (χ3n) is 2.53. The summed E-state index contributed by atoms with van der Waals surface area (Å²) in [6.45, 7) is 9.58. The third-order valence-corrected chi connectivity index (χ3v) is 2.53. The van der Waals surface area contributed by atoms with Crippen molar-refractivity contribution >= 4 is 0 Å². The molecule has 0 aliphatic carbocycles. The average molecular weight is 222 g/mol. The van der Waals surface area contributed by atoms with Gasteiger partial charge in [-0.3, -0.25) is 4.98 Å². The first-order valence-corrected chi connectivity index (χ1v) is 6.00. The largest absolute Gasteiger partial charge is 0.380 e. The second kappa shape index (κ2) is 7.36. The fraction of sp³-hybridized carbons (Fsp3) is 0.615. The van der Waals surface area contributed by atoms with Crippen LogP contribution < -0.4 is 5.32 Å². The van der Waals surface area contributed by atoms with Crippen LogP contribution in [0.25, 0.3) is 0 Å². The molecule has 1 rings (SSSR count). The molecule has 0 bridgehead atoms. The molecule has 0 aromatic carbocycles. The maximum absolute atomic E-state index is 5.25. The summed E-state index contributed by atoms with van der Waals surface area (Å²) in [6.07, 6.45) is 2.96. The second-order valence-corrected chi connectivity index (χ2v) is 3.83. The van der Waals surface area contributed by atoms with Gasteiger partial charge in [-0.2, -0.15) is 0 Å². The van der Waals surface area contributed by atoms with Crippen molar-refractivity contribution in [2.45, 2.75) is 33.7 Å². The van der Waals surface area contributed by atoms with E-state index in [0.717, 1.165) is 32.7 Å². The molecule has 1 N–H and O–H groups in total. The van der Waals surface area contributed by atoms with Crippen LogP contribution in [0, 0.1) is 6.92 Å². The number of pyridine rings is 1. The lowest BCUT2D eigenvalue weighted by Crippen LogP contribution is -2.19. The zero-order valence-corrected chi connectivity index (χ0v) is 10.5. The van der Waals surface area contributed by atoms with Crippen LogP contribution in [-0.2, 0) is 17.7 Å². The SMILES string of the molecule is CCOCCNCc1cnc(CC)c(C)c1. The average Bonchev–Trinajstić information content (AvgIpc) is 2.29. The molecule has 0 amide bonds. The molecule has 0 saturated carbocycles. The maximum atomic E-state index is 5.25. The van der Waals surface area contributed by atoms with Gasteiger partial charge < -0.3 is 10.1 Å². The van der Waals surface area contributed by atoms with Crippen LogP contribution in [-0.4, -0.2) is 24.7 Å². The number of hydrogen-bond acceptors (Lipinski definition) is 3. The molecular weight excluding hydrogens is 200 g/mol. The zero-order chi connectivity index (χ0) is 11.8. The Labute approximate surface area is 98.2 Å². The summed E-state index contributed by atoms with van der Waals surface area (Å²) in [6, 6.07) is 2.21. The van der Waals surface area contributed by atoms with Gasteiger partial charge >= 0.3 is 0 Å². The fourth-order valence-corrected chi connectivity index (χ4v) is 1.65. The Morgan fingerprint density at radius 1 is 1.38 bits per heavy atom. The molecule has 0 radical (unpaired) electrons. The lowest BCUT2D eigenvalue weighted by atomic mass is 10.1. The Morgan fingerprint density at radius 3 is 2.81 bits per heavy atom. The molecule has 0 atom stereocenters. The van der Waals surface area contributed by atoms with E-state index in [4.69, 9.17) is 4.74 Å². The Kier molecular flexibility index (Phi) is 6.04. The normalized spacial score (nSPS) is 10.7. The van der Waals surface area contributed by atoms with Crippen LogP contribution in [0.3, 0.4) is 0 Å². The van der Waals surface area contributed by atoms with E-state index in [0.29, 0.717) is 0 Å². The summed E-state index contributed by atoms with van der Waals surface area (Å²) in [5.74, 6) is 0. The summed E-state index contributed by atoms with van der Waals surface area (Å²) in [7, 11) is 0. The number of rotatable bonds is 7. The predicted molar refractivity (Wildman–Crippen MR) is 66.6 cm³/mol. The lowest BCUT2D eigenvalue weighted by molar-refractivity contribution is 0.149. The van der Waals surface area contributed by atoms with Crippen LogP contribution in [0.4, 0.5) is 0 Å². The quantitative estimate of drug-likeness (QED) is 0.717. The molecule has 90 valence electrons. The molecule has 0 saturated heterocycles. The first-order chi connectivity index (χ1) is 7.77. The van der Waals surface area contributed by atoms with E-state index in [1.807, 2.05) is 13.1 Å². The summed E-state index contributed by atoms with van der Waals surface area (Å²) >= 11 is 0. The summed E-state index contributed by atoms with van der Waals surface area (Å²) < 4.78 is 5.25. The predicted octanol–water partition coefficient (Wildman–Crippen LogP) is 2.08. The van der Waals surface area contributed by atoms with Gasteiger partial charge in [0.1, 0.15) is 0 Å². The molecule has 0 spiro atoms. The maximum Gasteiger partial charge on any atom is 0.0590 e. The molecule has 3 nitrogen and oxygen atoms in total. The summed E-state index contributed by atoms with van der Waals surface area (Å²) in [5, 5.41) is 3.34. The van der Waals surface area contributed by atoms with Gasteiger partial charge in [-0.1, -0.05) is 13.0 Å². The van der Waals surface area contributed by atoms with Gasteiger partial charge in [0.2, 0.25) is 0 Å². The molecule has 3 heteroatoms. The highest BCUT2D eigenvalue weighted by Crippen LogP contribution is 2.07. The lowest BCUT2D eigenvalue weighted by Gasteiger charge is -2.07. The van der Waals surface area contributed by atoms with Gasteiger partial charge in [-0.05, 0) is 31.4 Å².